The van der Waals surface area contributed by atoms with Crippen LogP contribution in [0.5, 0.6) is 0 Å². The Morgan fingerprint density at radius 1 is 1.50 bits per heavy atom. The Hall–Kier alpha value is -0.810. The number of aliphatic hydroxyl groups excluding tert-OH is 2. The molecule has 0 aromatic carbocycles. The highest BCUT2D eigenvalue weighted by Crippen LogP contribution is 2.20. The minimum Gasteiger partial charge on any atom is -0.380 e. The van der Waals surface area contributed by atoms with Crippen LogP contribution in [-0.2, 0) is 0 Å². The third-order valence-electron chi connectivity index (χ3n) is 2.20. The van der Waals surface area contributed by atoms with Gasteiger partial charge in [0.25, 0.3) is 0 Å². The summed E-state index contributed by atoms with van der Waals surface area (Å²) in [6, 6.07) is 0. The lowest BCUT2D eigenvalue weighted by Crippen LogP contribution is -2.89. The van der Waals surface area contributed by atoms with Gasteiger partial charge < -0.3 is 21.3 Å². The van der Waals surface area contributed by atoms with Gasteiger partial charge in [0.1, 0.15) is 6.73 Å². The van der Waals surface area contributed by atoms with Crippen molar-refractivity contribution in [2.24, 2.45) is 28.0 Å². The van der Waals surface area contributed by atoms with Crippen LogP contribution in [0.3, 0.4) is 0 Å². The van der Waals surface area contributed by atoms with Crippen LogP contribution in [0, 0.1) is 0 Å². The number of hydrogen-bond donors (Lipinski definition) is 7. The zero-order valence-corrected chi connectivity index (χ0v) is 7.46. The fourth-order valence-corrected chi connectivity index (χ4v) is 1.16. The first-order valence-electron chi connectivity index (χ1n) is 3.83. The summed E-state index contributed by atoms with van der Waals surface area (Å²) >= 11 is 0. The SMILES string of the molecule is NN(CO)C1(N)C(O)N=CNC1(N)N. The number of hydrazine groups is 1. The van der Waals surface area contributed by atoms with Crippen LogP contribution in [0.4, 0.5) is 0 Å². The summed E-state index contributed by atoms with van der Waals surface area (Å²) in [5.41, 5.74) is 15.1. The fourth-order valence-electron chi connectivity index (χ4n) is 1.16. The summed E-state index contributed by atoms with van der Waals surface area (Å²) in [7, 11) is 0. The van der Waals surface area contributed by atoms with Crippen LogP contribution in [0.25, 0.3) is 0 Å². The molecule has 0 saturated carbocycles. The second kappa shape index (κ2) is 3.40. The molecule has 1 rings (SSSR count). The van der Waals surface area contributed by atoms with E-state index in [9.17, 15) is 5.11 Å². The first-order chi connectivity index (χ1) is 6.36. The number of nitrogens with zero attached hydrogens (tertiary/aromatic N) is 2. The van der Waals surface area contributed by atoms with Crippen LogP contribution in [0.2, 0.25) is 0 Å². The molecule has 9 heteroatoms. The van der Waals surface area contributed by atoms with E-state index in [1.54, 1.807) is 0 Å². The average molecular weight is 205 g/mol. The van der Waals surface area contributed by atoms with Crippen LogP contribution in [0.1, 0.15) is 0 Å². The van der Waals surface area contributed by atoms with E-state index in [1.807, 2.05) is 0 Å². The molecule has 9 nitrogen and oxygen atoms in total. The quantitative estimate of drug-likeness (QED) is 0.134. The summed E-state index contributed by atoms with van der Waals surface area (Å²) < 4.78 is 0. The number of nitrogens with two attached hydrogens (primary N) is 4. The molecule has 1 aliphatic heterocycles. The van der Waals surface area contributed by atoms with Gasteiger partial charge in [0.05, 0.1) is 6.34 Å². The number of aliphatic hydroxyl groups is 2. The Kier molecular flexibility index (Phi) is 2.74. The van der Waals surface area contributed by atoms with E-state index >= 15 is 0 Å². The molecular weight excluding hydrogens is 190 g/mol. The molecule has 0 aromatic heterocycles. The lowest BCUT2D eigenvalue weighted by molar-refractivity contribution is -0.115. The molecule has 14 heavy (non-hydrogen) atoms. The van der Waals surface area contributed by atoms with Crippen molar-refractivity contribution in [3.8, 4) is 0 Å². The summed E-state index contributed by atoms with van der Waals surface area (Å²) in [4.78, 5) is 3.55. The maximum atomic E-state index is 9.51. The maximum Gasteiger partial charge on any atom is 0.184 e. The third kappa shape index (κ3) is 1.36. The van der Waals surface area contributed by atoms with Crippen molar-refractivity contribution >= 4 is 6.34 Å². The minimum atomic E-state index is -1.80. The van der Waals surface area contributed by atoms with E-state index < -0.39 is 24.4 Å². The van der Waals surface area contributed by atoms with Gasteiger partial charge in [-0.25, -0.2) is 4.99 Å². The molecule has 82 valence electrons. The zero-order chi connectivity index (χ0) is 11.0. The van der Waals surface area contributed by atoms with Crippen LogP contribution >= 0.6 is 0 Å². The number of rotatable bonds is 2. The van der Waals surface area contributed by atoms with E-state index in [0.717, 1.165) is 6.34 Å². The lowest BCUT2D eigenvalue weighted by Gasteiger charge is -2.50. The Morgan fingerprint density at radius 3 is 2.50 bits per heavy atom. The minimum absolute atomic E-state index is 0.624. The van der Waals surface area contributed by atoms with Gasteiger partial charge in [-0.05, 0) is 0 Å². The van der Waals surface area contributed by atoms with E-state index in [0.29, 0.717) is 5.01 Å². The van der Waals surface area contributed by atoms with Crippen molar-refractivity contribution in [2.45, 2.75) is 17.7 Å². The van der Waals surface area contributed by atoms with Crippen LogP contribution in [-0.4, -0.2) is 46.0 Å². The van der Waals surface area contributed by atoms with Gasteiger partial charge in [-0.15, -0.1) is 0 Å². The van der Waals surface area contributed by atoms with Gasteiger partial charge in [-0.3, -0.25) is 17.3 Å². The highest BCUT2D eigenvalue weighted by molar-refractivity contribution is 5.58. The molecule has 0 spiro atoms. The summed E-state index contributed by atoms with van der Waals surface area (Å²) in [5, 5.41) is 21.5. The van der Waals surface area contributed by atoms with E-state index in [4.69, 9.17) is 28.2 Å². The Balaban J connectivity index is 3.07. The highest BCUT2D eigenvalue weighted by atomic mass is 16.3. The largest absolute Gasteiger partial charge is 0.380 e. The van der Waals surface area contributed by atoms with Gasteiger partial charge in [-0.2, -0.15) is 5.01 Å². The maximum absolute atomic E-state index is 9.51. The predicted octanol–water partition coefficient (Wildman–Crippen LogP) is -4.71. The Bertz CT molecular complexity index is 244. The molecule has 0 bridgehead atoms. The number of hydrogen-bond acceptors (Lipinski definition) is 9. The van der Waals surface area contributed by atoms with E-state index in [-0.39, 0.29) is 0 Å². The van der Waals surface area contributed by atoms with Gasteiger partial charge in [0, 0.05) is 0 Å². The van der Waals surface area contributed by atoms with Crippen molar-refractivity contribution in [2.75, 3.05) is 6.73 Å². The van der Waals surface area contributed by atoms with Gasteiger partial charge in [0.15, 0.2) is 17.7 Å². The molecule has 0 radical (unpaired) electrons. The Morgan fingerprint density at radius 2 is 2.07 bits per heavy atom. The van der Waals surface area contributed by atoms with Crippen molar-refractivity contribution in [3.05, 3.63) is 0 Å². The fraction of sp³-hybridized carbons (Fsp3) is 0.800. The third-order valence-corrected chi connectivity index (χ3v) is 2.20. The summed E-state index contributed by atoms with van der Waals surface area (Å²) in [6.07, 6.45) is -0.308. The van der Waals surface area contributed by atoms with Gasteiger partial charge in [-0.1, -0.05) is 0 Å². The molecule has 2 unspecified atom stereocenters. The predicted molar refractivity (Wildman–Crippen MR) is 48.8 cm³/mol. The molecule has 11 N–H and O–H groups in total. The standard InChI is InChI=1S/C5H15N7O2/c6-4(12(9)2-13)3(14)10-1-11-5(4,7)8/h1,3,13-14H,2,6-9H2,(H,10,11). The molecule has 0 saturated heterocycles. The Labute approximate surface area is 80.3 Å². The molecule has 0 aromatic rings. The van der Waals surface area contributed by atoms with Crippen molar-refractivity contribution < 1.29 is 10.2 Å². The summed E-state index contributed by atoms with van der Waals surface area (Å²) in [5.74, 6) is 3.67. The smallest absolute Gasteiger partial charge is 0.184 e. The monoisotopic (exact) mass is 205 g/mol. The molecule has 1 heterocycles. The molecule has 0 amide bonds. The van der Waals surface area contributed by atoms with E-state index in [2.05, 4.69) is 10.3 Å². The molecule has 0 fully saturated rings. The molecule has 2 atom stereocenters. The highest BCUT2D eigenvalue weighted by Gasteiger charge is 2.54. The first kappa shape index (κ1) is 11.3. The van der Waals surface area contributed by atoms with Crippen LogP contribution in [0.15, 0.2) is 4.99 Å². The second-order valence-corrected chi connectivity index (χ2v) is 3.10. The van der Waals surface area contributed by atoms with E-state index in [1.165, 1.54) is 0 Å². The van der Waals surface area contributed by atoms with Crippen molar-refractivity contribution in [1.29, 1.82) is 0 Å². The van der Waals surface area contributed by atoms with Gasteiger partial charge >= 0.3 is 0 Å². The van der Waals surface area contributed by atoms with Crippen molar-refractivity contribution in [3.63, 3.8) is 0 Å². The number of nitrogens with one attached hydrogen (secondary N) is 1. The van der Waals surface area contributed by atoms with Crippen molar-refractivity contribution in [1.82, 2.24) is 10.3 Å². The second-order valence-electron chi connectivity index (χ2n) is 3.10. The zero-order valence-electron chi connectivity index (χ0n) is 7.46. The van der Waals surface area contributed by atoms with Crippen LogP contribution < -0.4 is 28.4 Å². The molecule has 0 aliphatic carbocycles. The topological polar surface area (TPSA) is 172 Å². The first-order valence-corrected chi connectivity index (χ1v) is 3.83. The lowest BCUT2D eigenvalue weighted by atomic mass is 9.99. The molecule has 1 aliphatic rings. The van der Waals surface area contributed by atoms with Gasteiger partial charge in [0.2, 0.25) is 0 Å². The molecular formula is C5H15N7O2. The average Bonchev–Trinajstić information content (AvgIpc) is 2.12. The normalized spacial score (nSPS) is 35.8. The summed E-state index contributed by atoms with van der Waals surface area (Å²) in [6.45, 7) is -0.624. The number of aliphatic imine (C=N–C) groups is 1.